The van der Waals surface area contributed by atoms with E-state index in [1.807, 2.05) is 32.2 Å². The quantitative estimate of drug-likeness (QED) is 0.777. The summed E-state index contributed by atoms with van der Waals surface area (Å²) in [5.74, 6) is 0. The lowest BCUT2D eigenvalue weighted by Crippen LogP contribution is -2.22. The van der Waals surface area contributed by atoms with E-state index in [0.717, 1.165) is 27.8 Å². The highest BCUT2D eigenvalue weighted by atomic mass is 35.5. The molecule has 0 fully saturated rings. The fourth-order valence-corrected chi connectivity index (χ4v) is 4.88. The van der Waals surface area contributed by atoms with E-state index >= 15 is 0 Å². The third-order valence-corrected chi connectivity index (χ3v) is 6.75. The summed E-state index contributed by atoms with van der Waals surface area (Å²) in [6, 6.07) is 11.1. The smallest absolute Gasteiger partial charge is 0.250 e. The van der Waals surface area contributed by atoms with E-state index < -0.39 is 10.0 Å². The van der Waals surface area contributed by atoms with Gasteiger partial charge in [0, 0.05) is 30.2 Å². The van der Waals surface area contributed by atoms with Crippen molar-refractivity contribution in [3.63, 3.8) is 0 Å². The van der Waals surface area contributed by atoms with Crippen molar-refractivity contribution >= 4 is 43.9 Å². The van der Waals surface area contributed by atoms with Crippen LogP contribution in [-0.2, 0) is 23.6 Å². The molecule has 2 heterocycles. The first-order valence-electron chi connectivity index (χ1n) is 6.67. The number of sulfonamides is 1. The second kappa shape index (κ2) is 5.70. The van der Waals surface area contributed by atoms with Crippen molar-refractivity contribution in [1.82, 2.24) is 9.29 Å². The number of rotatable bonds is 4. The van der Waals surface area contributed by atoms with Gasteiger partial charge in [-0.05, 0) is 42.8 Å². The first-order chi connectivity index (χ1) is 10.4. The fraction of sp³-hybridized carbons (Fsp3) is 0.200. The van der Waals surface area contributed by atoms with E-state index in [1.54, 1.807) is 6.07 Å². The fourth-order valence-electron chi connectivity index (χ4n) is 2.34. The van der Waals surface area contributed by atoms with Crippen molar-refractivity contribution in [2.75, 3.05) is 0 Å². The minimum atomic E-state index is -3.52. The molecule has 0 aliphatic carbocycles. The van der Waals surface area contributed by atoms with Gasteiger partial charge in [-0.2, -0.15) is 0 Å². The van der Waals surface area contributed by atoms with E-state index in [1.165, 1.54) is 11.8 Å². The number of hydrogen-bond acceptors (Lipinski definition) is 3. The van der Waals surface area contributed by atoms with Crippen LogP contribution >= 0.6 is 22.9 Å². The number of aryl methyl sites for hydroxylation is 2. The Labute approximate surface area is 138 Å². The zero-order chi connectivity index (χ0) is 15.9. The second-order valence-electron chi connectivity index (χ2n) is 5.12. The number of benzene rings is 1. The predicted molar refractivity (Wildman–Crippen MR) is 91.0 cm³/mol. The Balaban J connectivity index is 1.82. The highest BCUT2D eigenvalue weighted by Crippen LogP contribution is 2.25. The zero-order valence-corrected chi connectivity index (χ0v) is 14.5. The third kappa shape index (κ3) is 2.92. The lowest BCUT2D eigenvalue weighted by molar-refractivity contribution is 0.583. The van der Waals surface area contributed by atoms with Crippen molar-refractivity contribution in [2.45, 2.75) is 17.7 Å². The Kier molecular flexibility index (Phi) is 4.03. The summed E-state index contributed by atoms with van der Waals surface area (Å²) in [6.07, 6.45) is 0. The number of nitrogens with one attached hydrogen (secondary N) is 1. The number of nitrogens with zero attached hydrogens (tertiary/aromatic N) is 1. The molecule has 0 atom stereocenters. The average molecular weight is 355 g/mol. The van der Waals surface area contributed by atoms with Crippen LogP contribution in [0.4, 0.5) is 0 Å². The van der Waals surface area contributed by atoms with Crippen molar-refractivity contribution in [2.24, 2.45) is 7.05 Å². The molecule has 0 saturated carbocycles. The molecule has 0 unspecified atom stereocenters. The van der Waals surface area contributed by atoms with Gasteiger partial charge in [0.1, 0.15) is 4.21 Å². The lowest BCUT2D eigenvalue weighted by Gasteiger charge is -2.06. The van der Waals surface area contributed by atoms with Crippen molar-refractivity contribution in [3.05, 3.63) is 52.0 Å². The first-order valence-corrected chi connectivity index (χ1v) is 9.34. The average Bonchev–Trinajstić information content (AvgIpc) is 3.02. The molecule has 116 valence electrons. The number of thiophene rings is 1. The molecular weight excluding hydrogens is 340 g/mol. The van der Waals surface area contributed by atoms with Crippen molar-refractivity contribution in [1.29, 1.82) is 0 Å². The molecule has 1 N–H and O–H groups in total. The SMILES string of the molecule is Cc1cc2cc(CNS(=O)(=O)c3ccc(Cl)s3)ccc2n1C. The summed E-state index contributed by atoms with van der Waals surface area (Å²) in [4.78, 5) is 0. The Morgan fingerprint density at radius 2 is 2.00 bits per heavy atom. The Morgan fingerprint density at radius 3 is 2.68 bits per heavy atom. The lowest BCUT2D eigenvalue weighted by atomic mass is 10.1. The molecule has 0 spiro atoms. The van der Waals surface area contributed by atoms with Gasteiger partial charge >= 0.3 is 0 Å². The Morgan fingerprint density at radius 1 is 1.23 bits per heavy atom. The van der Waals surface area contributed by atoms with E-state index in [2.05, 4.69) is 15.4 Å². The number of fused-ring (bicyclic) bond motifs is 1. The highest BCUT2D eigenvalue weighted by Gasteiger charge is 2.16. The van der Waals surface area contributed by atoms with Crippen LogP contribution in [0, 0.1) is 6.92 Å². The summed E-state index contributed by atoms with van der Waals surface area (Å²) in [5, 5.41) is 1.11. The maximum Gasteiger partial charge on any atom is 0.250 e. The van der Waals surface area contributed by atoms with Gasteiger partial charge in [0.25, 0.3) is 0 Å². The van der Waals surface area contributed by atoms with Gasteiger partial charge in [-0.3, -0.25) is 0 Å². The number of aromatic nitrogens is 1. The zero-order valence-electron chi connectivity index (χ0n) is 12.1. The molecule has 4 nitrogen and oxygen atoms in total. The summed E-state index contributed by atoms with van der Waals surface area (Å²) >= 11 is 6.84. The molecule has 3 rings (SSSR count). The monoisotopic (exact) mass is 354 g/mol. The predicted octanol–water partition coefficient (Wildman–Crippen LogP) is 3.68. The van der Waals surface area contributed by atoms with Gasteiger partial charge in [-0.25, -0.2) is 13.1 Å². The van der Waals surface area contributed by atoms with Crippen molar-refractivity contribution < 1.29 is 8.42 Å². The molecule has 22 heavy (non-hydrogen) atoms. The Bertz CT molecular complexity index is 942. The van der Waals surface area contributed by atoms with Crippen molar-refractivity contribution in [3.8, 4) is 0 Å². The summed E-state index contributed by atoms with van der Waals surface area (Å²) in [6.45, 7) is 2.30. The maximum absolute atomic E-state index is 12.2. The summed E-state index contributed by atoms with van der Waals surface area (Å²) in [7, 11) is -1.50. The van der Waals surface area contributed by atoms with Gasteiger partial charge < -0.3 is 4.57 Å². The van der Waals surface area contributed by atoms with Crippen LogP contribution in [0.2, 0.25) is 4.34 Å². The first kappa shape index (κ1) is 15.6. The molecule has 0 bridgehead atoms. The van der Waals surface area contributed by atoms with Gasteiger partial charge in [0.2, 0.25) is 10.0 Å². The molecule has 0 aliphatic rings. The minimum Gasteiger partial charge on any atom is -0.348 e. The third-order valence-electron chi connectivity index (χ3n) is 3.63. The van der Waals surface area contributed by atoms with E-state index in [-0.39, 0.29) is 10.8 Å². The van der Waals surface area contributed by atoms with Crippen LogP contribution in [0.1, 0.15) is 11.3 Å². The molecular formula is C15H15ClN2O2S2. The van der Waals surface area contributed by atoms with Gasteiger partial charge in [-0.1, -0.05) is 17.7 Å². The summed E-state index contributed by atoms with van der Waals surface area (Å²) in [5.41, 5.74) is 3.22. The van der Waals surface area contributed by atoms with Gasteiger partial charge in [0.15, 0.2) is 0 Å². The molecule has 3 aromatic rings. The van der Waals surface area contributed by atoms with Crippen LogP contribution in [0.25, 0.3) is 10.9 Å². The van der Waals surface area contributed by atoms with E-state index in [9.17, 15) is 8.42 Å². The normalized spacial score (nSPS) is 12.1. The molecule has 0 aliphatic heterocycles. The van der Waals surface area contributed by atoms with Crippen LogP contribution in [-0.4, -0.2) is 13.0 Å². The molecule has 7 heteroatoms. The minimum absolute atomic E-state index is 0.231. The topological polar surface area (TPSA) is 51.1 Å². The van der Waals surface area contributed by atoms with Crippen LogP contribution in [0.3, 0.4) is 0 Å². The molecule has 0 saturated heterocycles. The van der Waals surface area contributed by atoms with Gasteiger partial charge in [-0.15, -0.1) is 11.3 Å². The number of halogens is 1. The molecule has 0 radical (unpaired) electrons. The van der Waals surface area contributed by atoms with Crippen LogP contribution in [0.15, 0.2) is 40.6 Å². The maximum atomic E-state index is 12.2. The second-order valence-corrected chi connectivity index (χ2v) is 8.83. The van der Waals surface area contributed by atoms with Crippen LogP contribution < -0.4 is 4.72 Å². The standard InChI is InChI=1S/C15H15ClN2O2S2/c1-10-7-12-8-11(3-4-13(12)18(10)2)9-17-22(19,20)15-6-5-14(16)21-15/h3-8,17H,9H2,1-2H3. The Hall–Kier alpha value is -1.34. The van der Waals surface area contributed by atoms with Gasteiger partial charge in [0.05, 0.1) is 4.34 Å². The number of hydrogen-bond donors (Lipinski definition) is 1. The van der Waals surface area contributed by atoms with E-state index in [0.29, 0.717) is 4.34 Å². The van der Waals surface area contributed by atoms with Crippen LogP contribution in [0.5, 0.6) is 0 Å². The largest absolute Gasteiger partial charge is 0.348 e. The highest BCUT2D eigenvalue weighted by molar-refractivity contribution is 7.91. The van der Waals surface area contributed by atoms with E-state index in [4.69, 9.17) is 11.6 Å². The summed E-state index contributed by atoms with van der Waals surface area (Å²) < 4.78 is 29.8. The molecule has 0 amide bonds. The molecule has 2 aromatic heterocycles. The molecule has 1 aromatic carbocycles.